The van der Waals surface area contributed by atoms with Crippen molar-refractivity contribution in [3.05, 3.63) is 65.1 Å². The second-order valence-corrected chi connectivity index (χ2v) is 6.14. The van der Waals surface area contributed by atoms with E-state index in [9.17, 15) is 9.18 Å². The van der Waals surface area contributed by atoms with Gasteiger partial charge in [-0.05, 0) is 43.1 Å². The summed E-state index contributed by atoms with van der Waals surface area (Å²) in [5.74, 6) is -0.185. The molecule has 1 aromatic heterocycles. The molecule has 1 amide bonds. The monoisotopic (exact) mass is 408 g/mol. The fourth-order valence-corrected chi connectivity index (χ4v) is 2.44. The number of benzene rings is 1. The van der Waals surface area contributed by atoms with Gasteiger partial charge < -0.3 is 15.0 Å². The Labute approximate surface area is 174 Å². The van der Waals surface area contributed by atoms with E-state index in [2.05, 4.69) is 27.0 Å². The molecule has 2 aromatic rings. The van der Waals surface area contributed by atoms with E-state index < -0.39 is 5.82 Å². The van der Waals surface area contributed by atoms with E-state index in [-0.39, 0.29) is 24.0 Å². The minimum atomic E-state index is -0.604. The first kappa shape index (κ1) is 22.2. The lowest BCUT2D eigenvalue weighted by atomic mass is 10.1. The van der Waals surface area contributed by atoms with E-state index in [1.807, 2.05) is 0 Å². The summed E-state index contributed by atoms with van der Waals surface area (Å²) >= 11 is 0. The average molecular weight is 408 g/mol. The topological polar surface area (TPSA) is 103 Å². The first-order chi connectivity index (χ1) is 14.4. The second-order valence-electron chi connectivity index (χ2n) is 6.14. The molecule has 0 aliphatic rings. The van der Waals surface area contributed by atoms with Gasteiger partial charge >= 0.3 is 0 Å². The summed E-state index contributed by atoms with van der Waals surface area (Å²) in [6.45, 7) is 3.50. The van der Waals surface area contributed by atoms with E-state index in [1.165, 1.54) is 36.4 Å². The third kappa shape index (κ3) is 5.48. The van der Waals surface area contributed by atoms with Crippen molar-refractivity contribution in [1.82, 2.24) is 9.88 Å². The average Bonchev–Trinajstić information content (AvgIpc) is 2.75. The standard InChI is InChI=1S/C21H21FN6O2/c1-24-10-9-18(14-5-7-17(22)15(11-14)12-23)25-13-26-19-8-6-16(20(27-19)30-4)21(29)28(2)3/h5-11H,1,13H2,2-4H3,(H,26,27)/b10-9-,25-18+. The van der Waals surface area contributed by atoms with Gasteiger partial charge in [-0.3, -0.25) is 14.8 Å². The number of nitrogens with one attached hydrogen (secondary N) is 1. The molecule has 0 fully saturated rings. The van der Waals surface area contributed by atoms with Gasteiger partial charge in [0.1, 0.15) is 29.9 Å². The van der Waals surface area contributed by atoms with Crippen molar-refractivity contribution in [3.8, 4) is 11.9 Å². The Bertz CT molecular complexity index is 1040. The van der Waals surface area contributed by atoms with E-state index in [4.69, 9.17) is 10.00 Å². The number of aliphatic imine (C=N–C) groups is 2. The minimum Gasteiger partial charge on any atom is -0.480 e. The zero-order valence-electron chi connectivity index (χ0n) is 16.9. The highest BCUT2D eigenvalue weighted by atomic mass is 19.1. The molecule has 9 heteroatoms. The molecule has 0 unspecified atom stereocenters. The number of aromatic nitrogens is 1. The summed E-state index contributed by atoms with van der Waals surface area (Å²) in [6, 6.07) is 9.19. The molecule has 0 radical (unpaired) electrons. The second kappa shape index (κ2) is 10.5. The van der Waals surface area contributed by atoms with Crippen molar-refractivity contribution in [2.24, 2.45) is 9.98 Å². The Kier molecular flexibility index (Phi) is 7.76. The molecule has 1 aromatic carbocycles. The molecule has 0 atom stereocenters. The van der Waals surface area contributed by atoms with Crippen LogP contribution in [0.25, 0.3) is 0 Å². The van der Waals surface area contributed by atoms with Crippen LogP contribution in [0.15, 0.2) is 52.6 Å². The molecule has 0 aliphatic heterocycles. The fraction of sp³-hybridized carbons (Fsp3) is 0.190. The van der Waals surface area contributed by atoms with Crippen LogP contribution in [0, 0.1) is 17.1 Å². The summed E-state index contributed by atoms with van der Waals surface area (Å²) in [5, 5.41) is 12.0. The van der Waals surface area contributed by atoms with Crippen molar-refractivity contribution >= 4 is 24.2 Å². The molecule has 0 bridgehead atoms. The molecule has 0 saturated carbocycles. The molecule has 30 heavy (non-hydrogen) atoms. The van der Waals surface area contributed by atoms with Gasteiger partial charge in [-0.1, -0.05) is 0 Å². The van der Waals surface area contributed by atoms with Crippen LogP contribution in [0.2, 0.25) is 0 Å². The highest BCUT2D eigenvalue weighted by Crippen LogP contribution is 2.19. The van der Waals surface area contributed by atoms with Crippen LogP contribution in [-0.4, -0.2) is 56.1 Å². The maximum Gasteiger partial charge on any atom is 0.258 e. The van der Waals surface area contributed by atoms with E-state index in [0.717, 1.165) is 0 Å². The number of anilines is 1. The quantitative estimate of drug-likeness (QED) is 0.677. The number of allylic oxidation sites excluding steroid dienone is 1. The number of pyridine rings is 1. The van der Waals surface area contributed by atoms with Crippen LogP contribution < -0.4 is 10.1 Å². The largest absolute Gasteiger partial charge is 0.480 e. The summed E-state index contributed by atoms with van der Waals surface area (Å²) < 4.78 is 18.8. The summed E-state index contributed by atoms with van der Waals surface area (Å²) in [6.07, 6.45) is 3.03. The van der Waals surface area contributed by atoms with Gasteiger partial charge in [-0.2, -0.15) is 10.2 Å². The predicted molar refractivity (Wildman–Crippen MR) is 114 cm³/mol. The van der Waals surface area contributed by atoms with Crippen LogP contribution >= 0.6 is 0 Å². The molecule has 0 aliphatic carbocycles. The van der Waals surface area contributed by atoms with Gasteiger partial charge in [0, 0.05) is 25.9 Å². The number of hydrogen-bond acceptors (Lipinski definition) is 7. The third-order valence-corrected chi connectivity index (χ3v) is 3.92. The van der Waals surface area contributed by atoms with Crippen molar-refractivity contribution in [3.63, 3.8) is 0 Å². The number of nitrogens with zero attached hydrogens (tertiary/aromatic N) is 5. The number of nitriles is 1. The van der Waals surface area contributed by atoms with Gasteiger partial charge in [0.05, 0.1) is 18.4 Å². The van der Waals surface area contributed by atoms with Crippen molar-refractivity contribution in [2.45, 2.75) is 0 Å². The predicted octanol–water partition coefficient (Wildman–Crippen LogP) is 2.88. The summed E-state index contributed by atoms with van der Waals surface area (Å²) in [7, 11) is 4.72. The number of methoxy groups -OCH3 is 1. The van der Waals surface area contributed by atoms with Gasteiger partial charge in [0.2, 0.25) is 5.88 Å². The lowest BCUT2D eigenvalue weighted by Gasteiger charge is -2.13. The van der Waals surface area contributed by atoms with Crippen LogP contribution in [0.1, 0.15) is 21.5 Å². The zero-order valence-corrected chi connectivity index (χ0v) is 16.9. The maximum atomic E-state index is 13.6. The Hall–Kier alpha value is -4.06. The number of halogens is 1. The lowest BCUT2D eigenvalue weighted by molar-refractivity contribution is 0.0823. The zero-order chi connectivity index (χ0) is 22.1. The van der Waals surface area contributed by atoms with Gasteiger partial charge in [-0.25, -0.2) is 4.39 Å². The first-order valence-electron chi connectivity index (χ1n) is 8.78. The first-order valence-corrected chi connectivity index (χ1v) is 8.78. The number of carbonyl (C=O) groups excluding carboxylic acids is 1. The van der Waals surface area contributed by atoms with E-state index in [0.29, 0.717) is 22.7 Å². The number of carbonyl (C=O) groups is 1. The number of ether oxygens (including phenoxy) is 1. The lowest BCUT2D eigenvalue weighted by Crippen LogP contribution is -2.22. The van der Waals surface area contributed by atoms with Crippen LogP contribution in [0.3, 0.4) is 0 Å². The molecule has 1 heterocycles. The Balaban J connectivity index is 2.25. The Morgan fingerprint density at radius 2 is 2.17 bits per heavy atom. The number of rotatable bonds is 8. The smallest absolute Gasteiger partial charge is 0.258 e. The van der Waals surface area contributed by atoms with Gasteiger partial charge in [-0.15, -0.1) is 0 Å². The van der Waals surface area contributed by atoms with Crippen molar-refractivity contribution < 1.29 is 13.9 Å². The molecule has 8 nitrogen and oxygen atoms in total. The number of hydrogen-bond donors (Lipinski definition) is 1. The minimum absolute atomic E-state index is 0.0827. The van der Waals surface area contributed by atoms with Gasteiger partial charge in [0.25, 0.3) is 5.91 Å². The molecule has 154 valence electrons. The molecule has 0 saturated heterocycles. The summed E-state index contributed by atoms with van der Waals surface area (Å²) in [4.78, 5) is 25.9. The van der Waals surface area contributed by atoms with E-state index in [1.54, 1.807) is 38.4 Å². The van der Waals surface area contributed by atoms with Gasteiger partial charge in [0.15, 0.2) is 0 Å². The number of amides is 1. The van der Waals surface area contributed by atoms with Crippen LogP contribution in [-0.2, 0) is 0 Å². The molecule has 1 N–H and O–H groups in total. The third-order valence-electron chi connectivity index (χ3n) is 3.92. The van der Waals surface area contributed by atoms with Crippen molar-refractivity contribution in [2.75, 3.05) is 33.2 Å². The molecular weight excluding hydrogens is 387 g/mol. The van der Waals surface area contributed by atoms with Crippen LogP contribution in [0.5, 0.6) is 5.88 Å². The molecule has 0 spiro atoms. The molecule has 2 rings (SSSR count). The van der Waals surface area contributed by atoms with Crippen molar-refractivity contribution in [1.29, 1.82) is 5.26 Å². The Morgan fingerprint density at radius 1 is 1.40 bits per heavy atom. The highest BCUT2D eigenvalue weighted by Gasteiger charge is 2.16. The maximum absolute atomic E-state index is 13.6. The van der Waals surface area contributed by atoms with Crippen LogP contribution in [0.4, 0.5) is 10.2 Å². The highest BCUT2D eigenvalue weighted by molar-refractivity contribution is 6.09. The summed E-state index contributed by atoms with van der Waals surface area (Å²) in [5.41, 5.74) is 1.28. The fourth-order valence-electron chi connectivity index (χ4n) is 2.44. The molecular formula is C21H21FN6O2. The van der Waals surface area contributed by atoms with E-state index >= 15 is 0 Å². The Morgan fingerprint density at radius 3 is 2.80 bits per heavy atom. The normalized spacial score (nSPS) is 11.1. The SMILES string of the molecule is C=N/C=C\C(=N/CNc1ccc(C(=O)N(C)C)c(OC)n1)c1ccc(F)c(C#N)c1.